The zero-order chi connectivity index (χ0) is 10.0. The first-order chi connectivity index (χ1) is 6.02. The van der Waals surface area contributed by atoms with Crippen LogP contribution >= 0.6 is 34.1 Å². The van der Waals surface area contributed by atoms with E-state index in [4.69, 9.17) is 5.11 Å². The molecule has 1 rings (SSSR count). The van der Waals surface area contributed by atoms with Crippen LogP contribution in [0.1, 0.15) is 17.4 Å². The molecule has 0 aliphatic rings. The summed E-state index contributed by atoms with van der Waals surface area (Å²) in [7, 11) is 0. The van der Waals surface area contributed by atoms with E-state index in [-0.39, 0.29) is 17.3 Å². The molecule has 1 aromatic heterocycles. The SMILES string of the molecule is CC(=O)Nc1c(C(=O)O)nsc1I. The Kier molecular flexibility index (Phi) is 3.20. The maximum Gasteiger partial charge on any atom is 0.357 e. The summed E-state index contributed by atoms with van der Waals surface area (Å²) >= 11 is 2.97. The van der Waals surface area contributed by atoms with Crippen molar-refractivity contribution in [1.29, 1.82) is 0 Å². The van der Waals surface area contributed by atoms with Gasteiger partial charge in [-0.25, -0.2) is 4.79 Å². The fourth-order valence-corrected chi connectivity index (χ4v) is 1.97. The maximum atomic E-state index is 10.7. The van der Waals surface area contributed by atoms with E-state index < -0.39 is 5.97 Å². The summed E-state index contributed by atoms with van der Waals surface area (Å²) in [5, 5.41) is 11.1. The second-order valence-electron chi connectivity index (χ2n) is 2.17. The van der Waals surface area contributed by atoms with E-state index in [9.17, 15) is 9.59 Å². The molecule has 0 atom stereocenters. The summed E-state index contributed by atoms with van der Waals surface area (Å²) in [5.41, 5.74) is 0.176. The van der Waals surface area contributed by atoms with Crippen LogP contribution in [0.5, 0.6) is 0 Å². The molecule has 1 aromatic rings. The Balaban J connectivity index is 3.08. The molecular weight excluding hydrogens is 307 g/mol. The third kappa shape index (κ3) is 2.37. The average Bonchev–Trinajstić information content (AvgIpc) is 2.32. The highest BCUT2D eigenvalue weighted by molar-refractivity contribution is 14.1. The van der Waals surface area contributed by atoms with Gasteiger partial charge in [-0.15, -0.1) is 0 Å². The molecule has 70 valence electrons. The quantitative estimate of drug-likeness (QED) is 0.809. The zero-order valence-corrected chi connectivity index (χ0v) is 9.47. The number of nitrogens with zero attached hydrogens (tertiary/aromatic N) is 1. The van der Waals surface area contributed by atoms with Crippen molar-refractivity contribution in [2.75, 3.05) is 5.32 Å². The maximum absolute atomic E-state index is 10.7. The van der Waals surface area contributed by atoms with Gasteiger partial charge in [-0.3, -0.25) is 4.79 Å². The molecule has 0 radical (unpaired) electrons. The zero-order valence-electron chi connectivity index (χ0n) is 6.50. The van der Waals surface area contributed by atoms with Crippen LogP contribution in [0, 0.1) is 2.88 Å². The van der Waals surface area contributed by atoms with Crippen molar-refractivity contribution in [3.63, 3.8) is 0 Å². The van der Waals surface area contributed by atoms with Crippen LogP contribution in [0.15, 0.2) is 0 Å². The molecule has 0 saturated heterocycles. The molecule has 7 heteroatoms. The largest absolute Gasteiger partial charge is 0.476 e. The molecule has 0 fully saturated rings. The predicted octanol–water partition coefficient (Wildman–Crippen LogP) is 1.40. The van der Waals surface area contributed by atoms with E-state index in [0.29, 0.717) is 2.88 Å². The number of anilines is 1. The van der Waals surface area contributed by atoms with E-state index >= 15 is 0 Å². The summed E-state index contributed by atoms with van der Waals surface area (Å²) in [4.78, 5) is 21.3. The van der Waals surface area contributed by atoms with E-state index in [2.05, 4.69) is 9.69 Å². The number of carbonyl (C=O) groups excluding carboxylic acids is 1. The van der Waals surface area contributed by atoms with Gasteiger partial charge in [-0.2, -0.15) is 4.37 Å². The Morgan fingerprint density at radius 2 is 2.23 bits per heavy atom. The lowest BCUT2D eigenvalue weighted by Gasteiger charge is -1.99. The number of halogens is 1. The summed E-state index contributed by atoms with van der Waals surface area (Å²) in [5.74, 6) is -1.44. The van der Waals surface area contributed by atoms with Crippen LogP contribution in [-0.4, -0.2) is 21.4 Å². The minimum absolute atomic E-state index is 0.107. The van der Waals surface area contributed by atoms with Crippen molar-refractivity contribution >= 4 is 51.7 Å². The third-order valence-corrected chi connectivity index (χ3v) is 2.92. The van der Waals surface area contributed by atoms with Gasteiger partial charge in [0.25, 0.3) is 0 Å². The lowest BCUT2D eigenvalue weighted by Crippen LogP contribution is -2.10. The van der Waals surface area contributed by atoms with Crippen molar-refractivity contribution in [3.8, 4) is 0 Å². The van der Waals surface area contributed by atoms with Crippen molar-refractivity contribution in [3.05, 3.63) is 8.58 Å². The van der Waals surface area contributed by atoms with E-state index in [0.717, 1.165) is 11.5 Å². The smallest absolute Gasteiger partial charge is 0.357 e. The van der Waals surface area contributed by atoms with Gasteiger partial charge in [0.1, 0.15) is 8.57 Å². The number of amides is 1. The molecule has 0 spiro atoms. The lowest BCUT2D eigenvalue weighted by atomic mass is 10.4. The number of carbonyl (C=O) groups is 2. The number of carboxylic acid groups (broad SMARTS) is 1. The Labute approximate surface area is 91.5 Å². The van der Waals surface area contributed by atoms with Gasteiger partial charge in [0.2, 0.25) is 5.91 Å². The van der Waals surface area contributed by atoms with Gasteiger partial charge in [0.15, 0.2) is 5.69 Å². The summed E-state index contributed by atoms with van der Waals surface area (Å²) in [6, 6.07) is 0. The lowest BCUT2D eigenvalue weighted by molar-refractivity contribution is -0.114. The molecule has 0 unspecified atom stereocenters. The normalized spacial score (nSPS) is 9.69. The minimum Gasteiger partial charge on any atom is -0.476 e. The molecule has 2 N–H and O–H groups in total. The molecule has 0 aliphatic carbocycles. The number of aromatic nitrogens is 1. The highest BCUT2D eigenvalue weighted by Gasteiger charge is 2.18. The van der Waals surface area contributed by atoms with E-state index in [1.165, 1.54) is 6.92 Å². The predicted molar refractivity (Wildman–Crippen MR) is 56.1 cm³/mol. The third-order valence-electron chi connectivity index (χ3n) is 1.15. The first-order valence-corrected chi connectivity index (χ1v) is 5.03. The van der Waals surface area contributed by atoms with Crippen LogP contribution in [0.2, 0.25) is 0 Å². The van der Waals surface area contributed by atoms with Gasteiger partial charge >= 0.3 is 5.97 Å². The topological polar surface area (TPSA) is 79.3 Å². The van der Waals surface area contributed by atoms with Gasteiger partial charge in [-0.1, -0.05) is 0 Å². The van der Waals surface area contributed by atoms with Gasteiger partial charge in [-0.05, 0) is 34.1 Å². The molecule has 1 amide bonds. The minimum atomic E-state index is -1.14. The molecule has 13 heavy (non-hydrogen) atoms. The first kappa shape index (κ1) is 10.4. The molecule has 5 nitrogen and oxygen atoms in total. The monoisotopic (exact) mass is 312 g/mol. The average molecular weight is 312 g/mol. The van der Waals surface area contributed by atoms with Crippen LogP contribution in [-0.2, 0) is 4.79 Å². The first-order valence-electron chi connectivity index (χ1n) is 3.18. The van der Waals surface area contributed by atoms with Crippen molar-refractivity contribution in [2.45, 2.75) is 6.92 Å². The van der Waals surface area contributed by atoms with Crippen LogP contribution in [0.25, 0.3) is 0 Å². The number of aromatic carboxylic acids is 1. The van der Waals surface area contributed by atoms with E-state index in [1.807, 2.05) is 22.6 Å². The molecule has 0 aromatic carbocycles. The Hall–Kier alpha value is -0.700. The van der Waals surface area contributed by atoms with Gasteiger partial charge < -0.3 is 10.4 Å². The Morgan fingerprint density at radius 3 is 2.69 bits per heavy atom. The molecule has 0 saturated carbocycles. The highest BCUT2D eigenvalue weighted by Crippen LogP contribution is 2.26. The van der Waals surface area contributed by atoms with Crippen molar-refractivity contribution in [2.24, 2.45) is 0 Å². The standard InChI is InChI=1S/C6H5IN2O3S/c1-2(10)8-3-4(6(11)12)9-13-5(3)7/h1H3,(H,8,10)(H,11,12). The molecule has 1 heterocycles. The number of rotatable bonds is 2. The van der Waals surface area contributed by atoms with Crippen LogP contribution in [0.3, 0.4) is 0 Å². The van der Waals surface area contributed by atoms with Crippen LogP contribution in [0.4, 0.5) is 5.69 Å². The summed E-state index contributed by atoms with van der Waals surface area (Å²) in [6.07, 6.45) is 0. The fraction of sp³-hybridized carbons (Fsp3) is 0.167. The second kappa shape index (κ2) is 4.01. The Bertz CT molecular complexity index is 363. The number of carboxylic acids is 1. The number of hydrogen-bond acceptors (Lipinski definition) is 4. The van der Waals surface area contributed by atoms with Gasteiger partial charge in [0.05, 0.1) is 0 Å². The highest BCUT2D eigenvalue weighted by atomic mass is 127. The summed E-state index contributed by atoms with van der Waals surface area (Å²) in [6.45, 7) is 1.32. The van der Waals surface area contributed by atoms with E-state index in [1.54, 1.807) is 0 Å². The Morgan fingerprint density at radius 1 is 1.62 bits per heavy atom. The van der Waals surface area contributed by atoms with Crippen molar-refractivity contribution in [1.82, 2.24) is 4.37 Å². The second-order valence-corrected chi connectivity index (χ2v) is 4.75. The number of nitrogens with one attached hydrogen (secondary N) is 1. The molecular formula is C6H5IN2O3S. The van der Waals surface area contributed by atoms with Gasteiger partial charge in [0, 0.05) is 6.92 Å². The molecule has 0 aliphatic heterocycles. The van der Waals surface area contributed by atoms with Crippen molar-refractivity contribution < 1.29 is 14.7 Å². The summed E-state index contributed by atoms with van der Waals surface area (Å²) < 4.78 is 4.35. The molecule has 0 bridgehead atoms. The fourth-order valence-electron chi connectivity index (χ4n) is 0.700. The number of hydrogen-bond donors (Lipinski definition) is 2. The van der Waals surface area contributed by atoms with Crippen LogP contribution < -0.4 is 5.32 Å².